The molecule has 8 aromatic rings. The van der Waals surface area contributed by atoms with Crippen LogP contribution in [0, 0.1) is 0 Å². The van der Waals surface area contributed by atoms with E-state index >= 15 is 0 Å². The molecule has 0 aliphatic rings. The Morgan fingerprint density at radius 2 is 0.618 bits per heavy atom. The molecule has 0 fully saturated rings. The molecule has 0 saturated carbocycles. The molecule has 12 heteroatoms. The minimum atomic E-state index is -1.54. The summed E-state index contributed by atoms with van der Waals surface area (Å²) in [5.74, 6) is 0.0674. The lowest BCUT2D eigenvalue weighted by atomic mass is 9.77. The summed E-state index contributed by atoms with van der Waals surface area (Å²) in [6, 6.07) is 48.3. The quantitative estimate of drug-likeness (QED) is 0.0385. The van der Waals surface area contributed by atoms with Crippen molar-refractivity contribution in [1.29, 1.82) is 0 Å². The van der Waals surface area contributed by atoms with E-state index in [-0.39, 0.29) is 11.8 Å². The smallest absolute Gasteiger partial charge is 0.423 e. The van der Waals surface area contributed by atoms with Gasteiger partial charge >= 0.3 is 14.2 Å². The fraction of sp³-hybridized carbons (Fsp3) is 0.250. The van der Waals surface area contributed by atoms with Crippen molar-refractivity contribution in [3.05, 3.63) is 179 Å². The number of carbonyl (C=O) groups is 2. The molecule has 0 radical (unpaired) electrons. The van der Waals surface area contributed by atoms with Crippen molar-refractivity contribution in [2.45, 2.75) is 65.0 Å². The minimum absolute atomic E-state index is 0.0337. The average Bonchev–Trinajstić information content (AvgIpc) is 3.34. The fourth-order valence-corrected chi connectivity index (χ4v) is 9.98. The molecule has 4 N–H and O–H groups in total. The zero-order valence-corrected chi connectivity index (χ0v) is 39.5. The number of carbonyl (C=O) groups excluding carboxylic acids is 2. The van der Waals surface area contributed by atoms with Crippen LogP contribution in [-0.4, -0.2) is 93.9 Å². The predicted octanol–water partition coefficient (Wildman–Crippen LogP) is 7.10. The number of nitrogens with zero attached hydrogens (tertiary/aromatic N) is 4. The van der Waals surface area contributed by atoms with Crippen molar-refractivity contribution in [3.8, 4) is 0 Å². The van der Waals surface area contributed by atoms with Gasteiger partial charge in [-0.2, -0.15) is 0 Å². The van der Waals surface area contributed by atoms with Gasteiger partial charge in [-0.25, -0.2) is 0 Å². The lowest BCUT2D eigenvalue weighted by Crippen LogP contribution is -2.35. The highest BCUT2D eigenvalue weighted by molar-refractivity contribution is 6.59. The van der Waals surface area contributed by atoms with Crippen molar-refractivity contribution < 1.29 is 29.7 Å². The number of benzene rings is 8. The lowest BCUT2D eigenvalue weighted by molar-refractivity contribution is -0.132. The Bertz CT molecular complexity index is 2770. The van der Waals surface area contributed by atoms with Crippen molar-refractivity contribution >= 4 is 80.1 Å². The normalized spacial score (nSPS) is 11.6. The van der Waals surface area contributed by atoms with Gasteiger partial charge in [0, 0.05) is 66.2 Å². The van der Waals surface area contributed by atoms with E-state index in [0.29, 0.717) is 75.9 Å². The summed E-state index contributed by atoms with van der Waals surface area (Å²) >= 11 is 0. The van der Waals surface area contributed by atoms with Crippen LogP contribution in [0.5, 0.6) is 0 Å². The fourth-order valence-electron chi connectivity index (χ4n) is 9.98. The van der Waals surface area contributed by atoms with E-state index in [4.69, 9.17) is 0 Å². The van der Waals surface area contributed by atoms with E-state index in [1.165, 1.54) is 11.1 Å². The van der Waals surface area contributed by atoms with E-state index in [2.05, 4.69) is 58.3 Å². The number of unbranched alkanes of at least 4 members (excludes halogenated alkanes) is 1. The molecule has 0 saturated heterocycles. The van der Waals surface area contributed by atoms with Crippen LogP contribution in [0.15, 0.2) is 146 Å². The van der Waals surface area contributed by atoms with Gasteiger partial charge in [0.1, 0.15) is 0 Å². The molecule has 8 rings (SSSR count). The van der Waals surface area contributed by atoms with E-state index in [1.807, 2.05) is 113 Å². The molecule has 0 heterocycles. The standard InChI is InChI=1S/C56H60B2N4O6/c1-59(33-39-19-5-15-29-53(39)57(65)66)35-49-41-21-7-11-25-45(41)51(46-26-12-8-22-42(46)49)37-61(3)55(63)31-17-18-32-56(64)62(4)38-52-47-27-13-9-23-43(47)50(44-24-10-14-28-48(44)52)36-60(2)34-40-20-6-16-30-54(40)58(67)68/h5-16,19-30,65-68H,17-18,31-38H2,1-4H3. The monoisotopic (exact) mass is 906 g/mol. The number of amides is 2. The molecule has 8 aromatic carbocycles. The van der Waals surface area contributed by atoms with Gasteiger partial charge in [-0.1, -0.05) is 146 Å². The molecule has 2 amide bonds. The van der Waals surface area contributed by atoms with Crippen LogP contribution >= 0.6 is 0 Å². The van der Waals surface area contributed by atoms with Crippen LogP contribution in [0.3, 0.4) is 0 Å². The molecular weight excluding hydrogens is 846 g/mol. The van der Waals surface area contributed by atoms with Crippen molar-refractivity contribution in [3.63, 3.8) is 0 Å². The summed E-state index contributed by atoms with van der Waals surface area (Å²) in [6.45, 7) is 3.23. The largest absolute Gasteiger partial charge is 0.488 e. The second kappa shape index (κ2) is 21.7. The Hall–Kier alpha value is -6.37. The van der Waals surface area contributed by atoms with Crippen molar-refractivity contribution in [1.82, 2.24) is 19.6 Å². The Labute approximate surface area is 399 Å². The molecule has 0 aromatic heterocycles. The minimum Gasteiger partial charge on any atom is -0.423 e. The SMILES string of the molecule is CN(Cc1ccccc1B(O)O)Cc1c2ccccc2c(CN(C)C(=O)CCCCC(=O)N(C)Cc2c3ccccc3c(CN(C)Cc3ccccc3B(O)O)c3ccccc23)c2ccccc12. The van der Waals surface area contributed by atoms with Gasteiger partial charge in [0.2, 0.25) is 11.8 Å². The molecular formula is C56H60B2N4O6. The Morgan fingerprint density at radius 1 is 0.368 bits per heavy atom. The van der Waals surface area contributed by atoms with Crippen molar-refractivity contribution in [2.24, 2.45) is 0 Å². The van der Waals surface area contributed by atoms with Crippen molar-refractivity contribution in [2.75, 3.05) is 28.2 Å². The van der Waals surface area contributed by atoms with Crippen LogP contribution in [0.2, 0.25) is 0 Å². The summed E-state index contributed by atoms with van der Waals surface area (Å²) in [4.78, 5) is 35.5. The van der Waals surface area contributed by atoms with Crippen LogP contribution in [-0.2, 0) is 48.9 Å². The summed E-state index contributed by atoms with van der Waals surface area (Å²) in [5, 5.41) is 48.8. The Morgan fingerprint density at radius 3 is 0.897 bits per heavy atom. The van der Waals surface area contributed by atoms with Crippen LogP contribution in [0.1, 0.15) is 59.1 Å². The Kier molecular flexibility index (Phi) is 15.4. The van der Waals surface area contributed by atoms with E-state index in [9.17, 15) is 29.7 Å². The highest BCUT2D eigenvalue weighted by Gasteiger charge is 2.23. The molecule has 0 aliphatic carbocycles. The molecule has 0 spiro atoms. The van der Waals surface area contributed by atoms with Crippen LogP contribution < -0.4 is 10.9 Å². The zero-order valence-electron chi connectivity index (χ0n) is 39.5. The second-order valence-electron chi connectivity index (χ2n) is 18.3. The molecule has 346 valence electrons. The second-order valence-corrected chi connectivity index (χ2v) is 18.3. The van der Waals surface area contributed by atoms with Gasteiger partial charge < -0.3 is 29.9 Å². The van der Waals surface area contributed by atoms with Gasteiger partial charge in [0.05, 0.1) is 0 Å². The maximum Gasteiger partial charge on any atom is 0.488 e. The summed E-state index contributed by atoms with van der Waals surface area (Å²) in [5.41, 5.74) is 7.26. The summed E-state index contributed by atoms with van der Waals surface area (Å²) in [7, 11) is 4.72. The lowest BCUT2D eigenvalue weighted by Gasteiger charge is -2.25. The molecule has 0 atom stereocenters. The molecule has 0 bridgehead atoms. The first-order valence-electron chi connectivity index (χ1n) is 23.4. The van der Waals surface area contributed by atoms with Gasteiger partial charge in [-0.3, -0.25) is 19.4 Å². The topological polar surface area (TPSA) is 128 Å². The zero-order chi connectivity index (χ0) is 47.9. The number of hydrogen-bond acceptors (Lipinski definition) is 8. The highest BCUT2D eigenvalue weighted by Crippen LogP contribution is 2.36. The highest BCUT2D eigenvalue weighted by atomic mass is 16.4. The van der Waals surface area contributed by atoms with Gasteiger partial charge in [-0.15, -0.1) is 0 Å². The maximum atomic E-state index is 13.7. The van der Waals surface area contributed by atoms with Gasteiger partial charge in [0.25, 0.3) is 0 Å². The summed E-state index contributed by atoms with van der Waals surface area (Å²) < 4.78 is 0. The molecule has 0 aliphatic heterocycles. The third kappa shape index (κ3) is 10.7. The van der Waals surface area contributed by atoms with E-state index in [0.717, 1.165) is 65.3 Å². The van der Waals surface area contributed by atoms with Gasteiger partial charge in [-0.05, 0) is 114 Å². The first-order valence-corrected chi connectivity index (χ1v) is 23.4. The van der Waals surface area contributed by atoms with Crippen LogP contribution in [0.25, 0.3) is 43.1 Å². The molecule has 10 nitrogen and oxygen atoms in total. The number of hydrogen-bond donors (Lipinski definition) is 4. The maximum absolute atomic E-state index is 13.7. The third-order valence-electron chi connectivity index (χ3n) is 13.4. The molecule has 0 unspecified atom stereocenters. The first kappa shape index (κ1) is 48.1. The first-order chi connectivity index (χ1) is 32.9. The Balaban J connectivity index is 0.912. The average molecular weight is 907 g/mol. The summed E-state index contributed by atoms with van der Waals surface area (Å²) in [6.07, 6.45) is 1.88. The van der Waals surface area contributed by atoms with Gasteiger partial charge in [0.15, 0.2) is 0 Å². The third-order valence-corrected chi connectivity index (χ3v) is 13.4. The number of rotatable bonds is 19. The van der Waals surface area contributed by atoms with Crippen LogP contribution in [0.4, 0.5) is 0 Å². The predicted molar refractivity (Wildman–Crippen MR) is 277 cm³/mol. The number of fused-ring (bicyclic) bond motifs is 4. The van der Waals surface area contributed by atoms with E-state index < -0.39 is 14.2 Å². The van der Waals surface area contributed by atoms with E-state index in [1.54, 1.807) is 21.9 Å². The molecule has 68 heavy (non-hydrogen) atoms.